The number of hydrogen-bond donors (Lipinski definition) is 1. The maximum absolute atomic E-state index is 4.50. The topological polar surface area (TPSA) is 24.9 Å². The van der Waals surface area contributed by atoms with Crippen LogP contribution in [0.3, 0.4) is 0 Å². The number of nitrogens with one attached hydrogen (secondary N) is 1. The summed E-state index contributed by atoms with van der Waals surface area (Å²) in [5, 5.41) is 4.57. The predicted molar refractivity (Wildman–Crippen MR) is 69.8 cm³/mol. The molecule has 82 valence electrons. The van der Waals surface area contributed by atoms with Gasteiger partial charge in [0, 0.05) is 22.8 Å². The molecule has 1 unspecified atom stereocenters. The van der Waals surface area contributed by atoms with E-state index in [1.165, 1.54) is 0 Å². The highest BCUT2D eigenvalue weighted by Gasteiger charge is 2.04. The second kappa shape index (κ2) is 4.35. The first-order chi connectivity index (χ1) is 7.70. The van der Waals surface area contributed by atoms with E-state index in [2.05, 4.69) is 35.9 Å². The van der Waals surface area contributed by atoms with E-state index in [-0.39, 0.29) is 6.04 Å². The van der Waals surface area contributed by atoms with Crippen LogP contribution in [0.1, 0.15) is 12.6 Å². The Morgan fingerprint density at radius 3 is 2.88 bits per heavy atom. The van der Waals surface area contributed by atoms with Gasteiger partial charge in [-0.25, -0.2) is 0 Å². The molecule has 16 heavy (non-hydrogen) atoms. The van der Waals surface area contributed by atoms with Crippen LogP contribution in [0, 0.1) is 6.92 Å². The van der Waals surface area contributed by atoms with E-state index in [0.717, 1.165) is 22.3 Å². The molecule has 0 amide bonds. The van der Waals surface area contributed by atoms with E-state index < -0.39 is 0 Å². The van der Waals surface area contributed by atoms with E-state index in [1.807, 2.05) is 31.2 Å². The van der Waals surface area contributed by atoms with Crippen LogP contribution in [-0.2, 0) is 0 Å². The lowest BCUT2D eigenvalue weighted by atomic mass is 10.1. The zero-order valence-corrected chi connectivity index (χ0v) is 9.70. The van der Waals surface area contributed by atoms with Crippen LogP contribution in [0.4, 0.5) is 5.69 Å². The molecule has 0 bridgehead atoms. The molecule has 0 radical (unpaired) electrons. The van der Waals surface area contributed by atoms with Gasteiger partial charge in [0.05, 0.1) is 5.52 Å². The lowest BCUT2D eigenvalue weighted by Crippen LogP contribution is -2.11. The van der Waals surface area contributed by atoms with Crippen molar-refractivity contribution in [3.8, 4) is 0 Å². The number of anilines is 1. The monoisotopic (exact) mass is 212 g/mol. The molecule has 2 nitrogen and oxygen atoms in total. The SMILES string of the molecule is C=CC(C)Nc1cc(C)nc2ccccc12. The first kappa shape index (κ1) is 10.7. The maximum atomic E-state index is 4.50. The molecule has 1 N–H and O–H groups in total. The van der Waals surface area contributed by atoms with Crippen LogP contribution in [0.5, 0.6) is 0 Å². The van der Waals surface area contributed by atoms with E-state index in [0.29, 0.717) is 0 Å². The molecule has 1 aromatic heterocycles. The minimum Gasteiger partial charge on any atom is -0.379 e. The van der Waals surface area contributed by atoms with Crippen LogP contribution in [0.15, 0.2) is 43.0 Å². The Labute approximate surface area is 96.0 Å². The summed E-state index contributed by atoms with van der Waals surface area (Å²) in [7, 11) is 0. The number of para-hydroxylation sites is 1. The van der Waals surface area contributed by atoms with Crippen LogP contribution in [-0.4, -0.2) is 11.0 Å². The van der Waals surface area contributed by atoms with E-state index in [9.17, 15) is 0 Å². The maximum Gasteiger partial charge on any atom is 0.0725 e. The fraction of sp³-hybridized carbons (Fsp3) is 0.214. The van der Waals surface area contributed by atoms with Crippen molar-refractivity contribution in [3.63, 3.8) is 0 Å². The zero-order valence-electron chi connectivity index (χ0n) is 9.70. The average molecular weight is 212 g/mol. The van der Waals surface area contributed by atoms with Gasteiger partial charge in [0.15, 0.2) is 0 Å². The van der Waals surface area contributed by atoms with Crippen molar-refractivity contribution in [2.75, 3.05) is 5.32 Å². The number of aromatic nitrogens is 1. The standard InChI is InChI=1S/C14H16N2/c1-4-10(2)15-14-9-11(3)16-13-8-6-5-7-12(13)14/h4-10H,1H2,2-3H3,(H,15,16). The van der Waals surface area contributed by atoms with Crippen LogP contribution >= 0.6 is 0 Å². The van der Waals surface area contributed by atoms with Gasteiger partial charge >= 0.3 is 0 Å². The molecular weight excluding hydrogens is 196 g/mol. The van der Waals surface area contributed by atoms with Gasteiger partial charge in [-0.2, -0.15) is 0 Å². The van der Waals surface area contributed by atoms with Crippen LogP contribution in [0.25, 0.3) is 10.9 Å². The Morgan fingerprint density at radius 1 is 1.38 bits per heavy atom. The number of pyridine rings is 1. The number of benzene rings is 1. The van der Waals surface area contributed by atoms with Crippen LogP contribution in [0.2, 0.25) is 0 Å². The Balaban J connectivity index is 2.54. The Hall–Kier alpha value is -1.83. The molecule has 1 atom stereocenters. The fourth-order valence-electron chi connectivity index (χ4n) is 1.73. The van der Waals surface area contributed by atoms with Crippen molar-refractivity contribution >= 4 is 16.6 Å². The summed E-state index contributed by atoms with van der Waals surface area (Å²) in [5.74, 6) is 0. The van der Waals surface area contributed by atoms with Crippen molar-refractivity contribution in [2.24, 2.45) is 0 Å². The van der Waals surface area contributed by atoms with Gasteiger partial charge < -0.3 is 5.32 Å². The lowest BCUT2D eigenvalue weighted by Gasteiger charge is -2.13. The van der Waals surface area contributed by atoms with Crippen molar-refractivity contribution < 1.29 is 0 Å². The van der Waals surface area contributed by atoms with Crippen molar-refractivity contribution in [1.29, 1.82) is 0 Å². The molecule has 0 aliphatic heterocycles. The van der Waals surface area contributed by atoms with E-state index in [4.69, 9.17) is 0 Å². The van der Waals surface area contributed by atoms with Gasteiger partial charge in [0.2, 0.25) is 0 Å². The lowest BCUT2D eigenvalue weighted by molar-refractivity contribution is 1.00. The molecule has 2 heteroatoms. The number of aryl methyl sites for hydroxylation is 1. The normalized spacial score (nSPS) is 12.4. The smallest absolute Gasteiger partial charge is 0.0725 e. The predicted octanol–water partition coefficient (Wildman–Crippen LogP) is 3.53. The number of fused-ring (bicyclic) bond motifs is 1. The Morgan fingerprint density at radius 2 is 2.12 bits per heavy atom. The van der Waals surface area contributed by atoms with Gasteiger partial charge in [-0.1, -0.05) is 24.3 Å². The molecule has 0 saturated heterocycles. The summed E-state index contributed by atoms with van der Waals surface area (Å²) in [4.78, 5) is 4.50. The zero-order chi connectivity index (χ0) is 11.5. The van der Waals surface area contributed by atoms with E-state index >= 15 is 0 Å². The molecule has 0 saturated carbocycles. The van der Waals surface area contributed by atoms with Gasteiger partial charge in [0.25, 0.3) is 0 Å². The summed E-state index contributed by atoms with van der Waals surface area (Å²) >= 11 is 0. The summed E-state index contributed by atoms with van der Waals surface area (Å²) in [6.07, 6.45) is 1.89. The Bertz CT molecular complexity index is 517. The minimum atomic E-state index is 0.255. The third-order valence-electron chi connectivity index (χ3n) is 2.58. The van der Waals surface area contributed by atoms with Crippen LogP contribution < -0.4 is 5.32 Å². The third kappa shape index (κ3) is 2.06. The first-order valence-corrected chi connectivity index (χ1v) is 5.46. The summed E-state index contributed by atoms with van der Waals surface area (Å²) in [6, 6.07) is 10.5. The highest BCUT2D eigenvalue weighted by atomic mass is 14.9. The molecule has 1 heterocycles. The minimum absolute atomic E-state index is 0.255. The summed E-state index contributed by atoms with van der Waals surface area (Å²) in [6.45, 7) is 7.87. The molecule has 0 spiro atoms. The molecule has 1 aromatic carbocycles. The summed E-state index contributed by atoms with van der Waals surface area (Å²) in [5.41, 5.74) is 3.18. The van der Waals surface area contributed by atoms with Gasteiger partial charge in [-0.05, 0) is 26.0 Å². The fourth-order valence-corrected chi connectivity index (χ4v) is 1.73. The van der Waals surface area contributed by atoms with Crippen molar-refractivity contribution in [2.45, 2.75) is 19.9 Å². The third-order valence-corrected chi connectivity index (χ3v) is 2.58. The summed E-state index contributed by atoms with van der Waals surface area (Å²) < 4.78 is 0. The highest BCUT2D eigenvalue weighted by molar-refractivity contribution is 5.91. The molecule has 2 aromatic rings. The molecular formula is C14H16N2. The van der Waals surface area contributed by atoms with Gasteiger partial charge in [-0.3, -0.25) is 4.98 Å². The second-order valence-corrected chi connectivity index (χ2v) is 4.00. The van der Waals surface area contributed by atoms with Crippen molar-refractivity contribution in [3.05, 3.63) is 48.7 Å². The molecule has 0 aliphatic carbocycles. The second-order valence-electron chi connectivity index (χ2n) is 4.00. The first-order valence-electron chi connectivity index (χ1n) is 5.46. The highest BCUT2D eigenvalue weighted by Crippen LogP contribution is 2.23. The number of rotatable bonds is 3. The average Bonchev–Trinajstić information content (AvgIpc) is 2.28. The van der Waals surface area contributed by atoms with Gasteiger partial charge in [0.1, 0.15) is 0 Å². The quantitative estimate of drug-likeness (QED) is 0.787. The molecule has 0 fully saturated rings. The number of nitrogens with zero attached hydrogens (tertiary/aromatic N) is 1. The molecule has 2 rings (SSSR count). The number of hydrogen-bond acceptors (Lipinski definition) is 2. The van der Waals surface area contributed by atoms with Gasteiger partial charge in [-0.15, -0.1) is 6.58 Å². The largest absolute Gasteiger partial charge is 0.379 e. The Kier molecular flexibility index (Phi) is 2.91. The van der Waals surface area contributed by atoms with E-state index in [1.54, 1.807) is 0 Å². The van der Waals surface area contributed by atoms with Crippen molar-refractivity contribution in [1.82, 2.24) is 4.98 Å². The molecule has 0 aliphatic rings.